The summed E-state index contributed by atoms with van der Waals surface area (Å²) in [6.07, 6.45) is 2.69. The molecule has 0 saturated heterocycles. The number of benzene rings is 3. The molecule has 0 amide bonds. The molecule has 5 aromatic rings. The van der Waals surface area contributed by atoms with Crippen molar-refractivity contribution in [3.63, 3.8) is 0 Å². The first kappa shape index (κ1) is 25.3. The van der Waals surface area contributed by atoms with Crippen molar-refractivity contribution in [3.05, 3.63) is 95.9 Å². The number of ether oxygens (including phenoxy) is 2. The number of rotatable bonds is 9. The van der Waals surface area contributed by atoms with Crippen LogP contribution in [0.1, 0.15) is 42.8 Å². The number of aliphatic hydroxyl groups excluding tert-OH is 1. The molecule has 1 fully saturated rings. The fourth-order valence-corrected chi connectivity index (χ4v) is 5.74. The first-order chi connectivity index (χ1) is 19.0. The van der Waals surface area contributed by atoms with Gasteiger partial charge in [-0.1, -0.05) is 49.2 Å². The van der Waals surface area contributed by atoms with Crippen LogP contribution in [0.2, 0.25) is 0 Å². The van der Waals surface area contributed by atoms with E-state index in [1.807, 2.05) is 60.7 Å². The molecule has 1 aliphatic rings. The summed E-state index contributed by atoms with van der Waals surface area (Å²) in [6.45, 7) is 0.976. The van der Waals surface area contributed by atoms with Crippen LogP contribution in [0.3, 0.4) is 0 Å². The molecule has 1 saturated carbocycles. The predicted molar refractivity (Wildman–Crippen MR) is 151 cm³/mol. The second-order valence-electron chi connectivity index (χ2n) is 10.5. The summed E-state index contributed by atoms with van der Waals surface area (Å²) in [6, 6.07) is 26.1. The molecule has 3 aromatic carbocycles. The van der Waals surface area contributed by atoms with Crippen molar-refractivity contribution in [2.75, 3.05) is 7.11 Å². The number of imidazole rings is 1. The molecule has 0 spiro atoms. The highest BCUT2D eigenvalue weighted by molar-refractivity contribution is 5.79. The largest absolute Gasteiger partial charge is 0.497 e. The molecule has 2 aromatic heterocycles. The van der Waals surface area contributed by atoms with Gasteiger partial charge in [0.2, 0.25) is 0 Å². The van der Waals surface area contributed by atoms with Gasteiger partial charge in [0, 0.05) is 29.8 Å². The topological polar surface area (TPSA) is 89.6 Å². The third-order valence-electron chi connectivity index (χ3n) is 8.00. The van der Waals surface area contributed by atoms with Gasteiger partial charge in [0.15, 0.2) is 6.29 Å². The molecule has 1 aliphatic carbocycles. The van der Waals surface area contributed by atoms with Gasteiger partial charge in [-0.3, -0.25) is 0 Å². The summed E-state index contributed by atoms with van der Waals surface area (Å²) in [5.74, 6) is 2.38. The van der Waals surface area contributed by atoms with Gasteiger partial charge < -0.3 is 24.3 Å². The van der Waals surface area contributed by atoms with Crippen LogP contribution in [0.5, 0.6) is 11.5 Å². The fraction of sp³-hybridized carbons (Fsp3) is 0.312. The molecule has 200 valence electrons. The van der Waals surface area contributed by atoms with Gasteiger partial charge in [-0.2, -0.15) is 0 Å². The van der Waals surface area contributed by atoms with Crippen LogP contribution in [0, 0.1) is 5.41 Å². The molecule has 0 bridgehead atoms. The maximum Gasteiger partial charge on any atom is 0.157 e. The minimum Gasteiger partial charge on any atom is -0.497 e. The first-order valence-electron chi connectivity index (χ1n) is 13.5. The normalized spacial score (nSPS) is 14.9. The van der Waals surface area contributed by atoms with E-state index in [0.717, 1.165) is 76.2 Å². The maximum atomic E-state index is 10.3. The summed E-state index contributed by atoms with van der Waals surface area (Å²) >= 11 is 0. The van der Waals surface area contributed by atoms with Gasteiger partial charge in [0.05, 0.1) is 29.4 Å². The van der Waals surface area contributed by atoms with Crippen molar-refractivity contribution < 1.29 is 19.7 Å². The maximum absolute atomic E-state index is 10.3. The number of para-hydroxylation sites is 1. The van der Waals surface area contributed by atoms with E-state index >= 15 is 0 Å². The average molecular weight is 524 g/mol. The SMILES string of the molecule is COc1ccc(Cn2c(CC3(C(O)O)CCCC3)nc3cc(OCc4ccc5ccccc5n4)ccc32)cc1. The third kappa shape index (κ3) is 5.20. The minimum absolute atomic E-state index is 0.357. The van der Waals surface area contributed by atoms with Gasteiger partial charge in [0.25, 0.3) is 0 Å². The Bertz CT molecular complexity index is 1590. The third-order valence-corrected chi connectivity index (χ3v) is 8.00. The van der Waals surface area contributed by atoms with Gasteiger partial charge in [-0.15, -0.1) is 0 Å². The zero-order valence-electron chi connectivity index (χ0n) is 22.1. The molecular weight excluding hydrogens is 490 g/mol. The number of aliphatic hydroxyl groups is 2. The lowest BCUT2D eigenvalue weighted by atomic mass is 9.81. The lowest BCUT2D eigenvalue weighted by molar-refractivity contribution is -0.134. The van der Waals surface area contributed by atoms with E-state index in [1.54, 1.807) is 7.11 Å². The van der Waals surface area contributed by atoms with Crippen LogP contribution in [-0.4, -0.2) is 38.1 Å². The molecule has 2 N–H and O–H groups in total. The Morgan fingerprint density at radius 3 is 2.41 bits per heavy atom. The molecule has 0 unspecified atom stereocenters. The number of hydrogen-bond donors (Lipinski definition) is 2. The molecule has 0 aliphatic heterocycles. The first-order valence-corrected chi connectivity index (χ1v) is 13.5. The fourth-order valence-electron chi connectivity index (χ4n) is 5.74. The molecular formula is C32H33N3O4. The summed E-state index contributed by atoms with van der Waals surface area (Å²) in [5.41, 5.74) is 4.16. The quantitative estimate of drug-likeness (QED) is 0.243. The Morgan fingerprint density at radius 2 is 1.64 bits per heavy atom. The highest BCUT2D eigenvalue weighted by Crippen LogP contribution is 2.43. The Hall–Kier alpha value is -3.94. The number of fused-ring (bicyclic) bond motifs is 2. The van der Waals surface area contributed by atoms with Crippen LogP contribution in [0.25, 0.3) is 21.9 Å². The van der Waals surface area contributed by atoms with Crippen LogP contribution in [0.4, 0.5) is 0 Å². The standard InChI is InChI=1S/C32H33N3O4/c1-38-25-12-8-22(9-13-25)20-35-29-15-14-26(39-21-24-11-10-23-6-2-3-7-27(23)33-24)18-28(29)34-30(35)19-32(31(36)37)16-4-5-17-32/h2-3,6-15,18,31,36-37H,4-5,16-17,19-21H2,1H3. The Labute approximate surface area is 227 Å². The second-order valence-corrected chi connectivity index (χ2v) is 10.5. The zero-order valence-corrected chi connectivity index (χ0v) is 22.1. The van der Waals surface area contributed by atoms with E-state index in [0.29, 0.717) is 19.6 Å². The summed E-state index contributed by atoms with van der Waals surface area (Å²) < 4.78 is 13.6. The van der Waals surface area contributed by atoms with Crippen LogP contribution in [-0.2, 0) is 19.6 Å². The number of aromatic nitrogens is 3. The predicted octanol–water partition coefficient (Wildman–Crippen LogP) is 5.63. The van der Waals surface area contributed by atoms with Gasteiger partial charge >= 0.3 is 0 Å². The summed E-state index contributed by atoms with van der Waals surface area (Å²) in [4.78, 5) is 9.72. The van der Waals surface area contributed by atoms with Crippen LogP contribution < -0.4 is 9.47 Å². The molecule has 6 rings (SSSR count). The Balaban J connectivity index is 1.31. The highest BCUT2D eigenvalue weighted by Gasteiger charge is 2.41. The summed E-state index contributed by atoms with van der Waals surface area (Å²) in [7, 11) is 1.66. The molecule has 2 heterocycles. The van der Waals surface area contributed by atoms with Crippen LogP contribution >= 0.6 is 0 Å². The van der Waals surface area contributed by atoms with Crippen molar-refractivity contribution >= 4 is 21.9 Å². The van der Waals surface area contributed by atoms with E-state index in [-0.39, 0.29) is 0 Å². The van der Waals surface area contributed by atoms with Gasteiger partial charge in [-0.05, 0) is 54.8 Å². The van der Waals surface area contributed by atoms with Crippen molar-refractivity contribution in [1.82, 2.24) is 14.5 Å². The molecule has 39 heavy (non-hydrogen) atoms. The Kier molecular flexibility index (Phi) is 6.94. The van der Waals surface area contributed by atoms with Crippen LogP contribution in [0.15, 0.2) is 78.9 Å². The number of methoxy groups -OCH3 is 1. The molecule has 7 heteroatoms. The number of nitrogens with zero attached hydrogens (tertiary/aromatic N) is 3. The smallest absolute Gasteiger partial charge is 0.157 e. The monoisotopic (exact) mass is 523 g/mol. The number of hydrogen-bond acceptors (Lipinski definition) is 6. The zero-order chi connectivity index (χ0) is 26.8. The average Bonchev–Trinajstić information content (AvgIpc) is 3.57. The highest BCUT2D eigenvalue weighted by atomic mass is 16.5. The molecule has 7 nitrogen and oxygen atoms in total. The van der Waals surface area contributed by atoms with E-state index in [1.165, 1.54) is 0 Å². The second kappa shape index (κ2) is 10.7. The van der Waals surface area contributed by atoms with Crippen molar-refractivity contribution in [2.45, 2.75) is 51.5 Å². The molecule has 0 radical (unpaired) electrons. The van der Waals surface area contributed by atoms with E-state index < -0.39 is 11.7 Å². The molecule has 0 atom stereocenters. The van der Waals surface area contributed by atoms with Crippen molar-refractivity contribution in [2.24, 2.45) is 5.41 Å². The van der Waals surface area contributed by atoms with Gasteiger partial charge in [-0.25, -0.2) is 9.97 Å². The number of pyridine rings is 1. The van der Waals surface area contributed by atoms with Gasteiger partial charge in [0.1, 0.15) is 23.9 Å². The van der Waals surface area contributed by atoms with Crippen molar-refractivity contribution in [3.8, 4) is 11.5 Å². The van der Waals surface area contributed by atoms with E-state index in [2.05, 4.69) is 22.8 Å². The lowest BCUT2D eigenvalue weighted by Crippen LogP contribution is -2.35. The van der Waals surface area contributed by atoms with E-state index in [4.69, 9.17) is 19.4 Å². The lowest BCUT2D eigenvalue weighted by Gasteiger charge is -2.30. The summed E-state index contributed by atoms with van der Waals surface area (Å²) in [5, 5.41) is 21.8. The Morgan fingerprint density at radius 1 is 0.872 bits per heavy atom. The minimum atomic E-state index is -1.37. The van der Waals surface area contributed by atoms with Crippen molar-refractivity contribution in [1.29, 1.82) is 0 Å². The van der Waals surface area contributed by atoms with E-state index in [9.17, 15) is 10.2 Å².